The van der Waals surface area contributed by atoms with Crippen LogP contribution in [0.5, 0.6) is 0 Å². The highest BCUT2D eigenvalue weighted by Crippen LogP contribution is 2.56. The molecule has 0 aromatic carbocycles. The molecule has 0 nitrogen and oxygen atoms in total. The zero-order valence-electron chi connectivity index (χ0n) is 10.7. The highest BCUT2D eigenvalue weighted by molar-refractivity contribution is 8.19. The molecule has 0 amide bonds. The molecule has 0 saturated carbocycles. The summed E-state index contributed by atoms with van der Waals surface area (Å²) in [6.07, 6.45) is 9.83. The van der Waals surface area contributed by atoms with Gasteiger partial charge >= 0.3 is 0 Å². The van der Waals surface area contributed by atoms with Crippen molar-refractivity contribution >= 4 is 21.8 Å². The summed E-state index contributed by atoms with van der Waals surface area (Å²) in [5, 5.41) is 0. The molecule has 84 valence electrons. The van der Waals surface area contributed by atoms with Gasteiger partial charge in [0.25, 0.3) is 0 Å². The first-order chi connectivity index (χ1) is 6.74. The third-order valence-electron chi connectivity index (χ3n) is 3.01. The molecule has 0 saturated heterocycles. The summed E-state index contributed by atoms with van der Waals surface area (Å²) in [5.74, 6) is 0. The topological polar surface area (TPSA) is 0 Å². The predicted molar refractivity (Wildman–Crippen MR) is 76.9 cm³/mol. The second-order valence-corrected chi connectivity index (χ2v) is 10.3. The summed E-state index contributed by atoms with van der Waals surface area (Å²) < 4.78 is 0. The molecule has 0 unspecified atom stereocenters. The fourth-order valence-corrected chi connectivity index (χ4v) is 9.78. The van der Waals surface area contributed by atoms with Gasteiger partial charge in [-0.1, -0.05) is 47.4 Å². The Bertz CT molecular complexity index is 110. The van der Waals surface area contributed by atoms with Crippen LogP contribution in [-0.2, 0) is 0 Å². The molecule has 0 aliphatic carbocycles. The average molecular weight is 232 g/mol. The van der Waals surface area contributed by atoms with Crippen LogP contribution in [0.1, 0.15) is 41.0 Å². The van der Waals surface area contributed by atoms with Crippen molar-refractivity contribution in [3.63, 3.8) is 0 Å². The van der Waals surface area contributed by atoms with Gasteiger partial charge < -0.3 is 0 Å². The van der Waals surface area contributed by atoms with E-state index in [2.05, 4.69) is 34.6 Å². The molecule has 0 spiro atoms. The molecule has 0 radical (unpaired) electrons. The van der Waals surface area contributed by atoms with Crippen LogP contribution in [0.3, 0.4) is 0 Å². The molecular formula is C11H27BP2. The minimum Gasteiger partial charge on any atom is -0.135 e. The highest BCUT2D eigenvalue weighted by atomic mass is 31.2. The molecule has 0 fully saturated rings. The van der Waals surface area contributed by atoms with Gasteiger partial charge in [-0.3, -0.25) is 0 Å². The smallest absolute Gasteiger partial charge is 0.135 e. The number of hydrogen-bond acceptors (Lipinski definition) is 0. The first kappa shape index (κ1) is 14.9. The van der Waals surface area contributed by atoms with E-state index >= 15 is 0 Å². The van der Waals surface area contributed by atoms with E-state index in [1.165, 1.54) is 37.4 Å². The van der Waals surface area contributed by atoms with E-state index in [1.54, 1.807) is 0 Å². The maximum absolute atomic E-state index is 2.40. The molecule has 0 aliphatic heterocycles. The quantitative estimate of drug-likeness (QED) is 0.411. The molecule has 0 aromatic heterocycles. The lowest BCUT2D eigenvalue weighted by Crippen LogP contribution is -2.14. The molecule has 0 atom stereocenters. The van der Waals surface area contributed by atoms with Crippen LogP contribution in [0.4, 0.5) is 0 Å². The summed E-state index contributed by atoms with van der Waals surface area (Å²) in [6, 6.07) is 0. The van der Waals surface area contributed by atoms with Gasteiger partial charge in [0.1, 0.15) is 0 Å². The van der Waals surface area contributed by atoms with Crippen molar-refractivity contribution in [3.05, 3.63) is 0 Å². The Morgan fingerprint density at radius 3 is 1.29 bits per heavy atom. The molecule has 0 heterocycles. The largest absolute Gasteiger partial charge is 0.199 e. The van der Waals surface area contributed by atoms with Crippen LogP contribution >= 0.6 is 15.6 Å². The van der Waals surface area contributed by atoms with Gasteiger partial charge in [-0.15, -0.1) is 15.6 Å². The van der Waals surface area contributed by atoms with E-state index < -0.39 is 0 Å². The molecule has 0 aromatic rings. The molecule has 0 aliphatic rings. The van der Waals surface area contributed by atoms with Gasteiger partial charge in [0.2, 0.25) is 0 Å². The van der Waals surface area contributed by atoms with Crippen LogP contribution in [0.15, 0.2) is 0 Å². The van der Waals surface area contributed by atoms with E-state index in [0.29, 0.717) is 15.6 Å². The Balaban J connectivity index is 4.36. The van der Waals surface area contributed by atoms with E-state index in [9.17, 15) is 0 Å². The first-order valence-electron chi connectivity index (χ1n) is 6.23. The van der Waals surface area contributed by atoms with Crippen molar-refractivity contribution in [2.45, 2.75) is 47.4 Å². The van der Waals surface area contributed by atoms with E-state index in [4.69, 9.17) is 0 Å². The zero-order chi connectivity index (χ0) is 11.0. The van der Waals surface area contributed by atoms with Crippen molar-refractivity contribution < 1.29 is 0 Å². The first-order valence-corrected chi connectivity index (χ1v) is 9.79. The van der Waals surface area contributed by atoms with Crippen LogP contribution in [-0.4, -0.2) is 30.8 Å². The Morgan fingerprint density at radius 1 is 0.714 bits per heavy atom. The van der Waals surface area contributed by atoms with E-state index in [1.807, 2.05) is 0 Å². The number of hydrogen-bond donors (Lipinski definition) is 0. The normalized spacial score (nSPS) is 11.4. The van der Waals surface area contributed by atoms with Gasteiger partial charge in [0, 0.05) is 0 Å². The Labute approximate surface area is 94.1 Å². The van der Waals surface area contributed by atoms with Crippen LogP contribution in [0, 0.1) is 0 Å². The van der Waals surface area contributed by atoms with Crippen LogP contribution in [0.25, 0.3) is 0 Å². The summed E-state index contributed by atoms with van der Waals surface area (Å²) >= 11 is 0. The van der Waals surface area contributed by atoms with E-state index in [-0.39, 0.29) is 0 Å². The number of rotatable bonds is 8. The van der Waals surface area contributed by atoms with Crippen molar-refractivity contribution in [2.75, 3.05) is 24.6 Å². The molecule has 3 heteroatoms. The predicted octanol–water partition coefficient (Wildman–Crippen LogP) is 4.93. The summed E-state index contributed by atoms with van der Waals surface area (Å²) in [7, 11) is 0.704. The molecule has 0 bridgehead atoms. The van der Waals surface area contributed by atoms with Crippen molar-refractivity contribution in [3.8, 4) is 0 Å². The maximum atomic E-state index is 2.40. The lowest BCUT2D eigenvalue weighted by atomic mass is 9.98. The Kier molecular flexibility index (Phi) is 9.78. The minimum atomic E-state index is 0.352. The van der Waals surface area contributed by atoms with Crippen molar-refractivity contribution in [2.24, 2.45) is 0 Å². The van der Waals surface area contributed by atoms with Crippen molar-refractivity contribution in [1.29, 1.82) is 0 Å². The monoisotopic (exact) mass is 232 g/mol. The van der Waals surface area contributed by atoms with Crippen LogP contribution in [0.2, 0.25) is 6.32 Å². The average Bonchev–Trinajstić information content (AvgIpc) is 2.21. The summed E-state index contributed by atoms with van der Waals surface area (Å²) in [5.41, 5.74) is 0. The van der Waals surface area contributed by atoms with Gasteiger partial charge in [-0.05, 0) is 24.6 Å². The van der Waals surface area contributed by atoms with Crippen LogP contribution < -0.4 is 0 Å². The molecule has 0 N–H and O–H groups in total. The standard InChI is InChI=1S/C11H27BP2/c1-6-11-12(13(7-2)8-3)14(9-4)10-5/h6-11H2,1-5H3. The Morgan fingerprint density at radius 2 is 1.07 bits per heavy atom. The van der Waals surface area contributed by atoms with E-state index in [0.717, 1.165) is 6.15 Å². The zero-order valence-corrected chi connectivity index (χ0v) is 12.5. The van der Waals surface area contributed by atoms with Gasteiger partial charge in [-0.2, -0.15) is 0 Å². The summed E-state index contributed by atoms with van der Waals surface area (Å²) in [4.78, 5) is 0. The van der Waals surface area contributed by atoms with Gasteiger partial charge in [0.15, 0.2) is 6.15 Å². The van der Waals surface area contributed by atoms with Crippen molar-refractivity contribution in [1.82, 2.24) is 0 Å². The fourth-order valence-electron chi connectivity index (χ4n) is 2.14. The molecular weight excluding hydrogens is 205 g/mol. The third-order valence-corrected chi connectivity index (χ3v) is 10.4. The maximum Gasteiger partial charge on any atom is 0.199 e. The summed E-state index contributed by atoms with van der Waals surface area (Å²) in [6.45, 7) is 11.9. The highest BCUT2D eigenvalue weighted by Gasteiger charge is 2.27. The van der Waals surface area contributed by atoms with Gasteiger partial charge in [-0.25, -0.2) is 0 Å². The third kappa shape index (κ3) is 4.63. The lowest BCUT2D eigenvalue weighted by Gasteiger charge is -2.30. The van der Waals surface area contributed by atoms with Gasteiger partial charge in [0.05, 0.1) is 0 Å². The fraction of sp³-hybridized carbons (Fsp3) is 1.00. The minimum absolute atomic E-state index is 0.352. The molecule has 14 heavy (non-hydrogen) atoms. The molecule has 0 rings (SSSR count). The SMILES string of the molecule is CCCB(P(CC)CC)P(CC)CC. The second-order valence-electron chi connectivity index (χ2n) is 3.71. The Hall–Kier alpha value is 0.925. The lowest BCUT2D eigenvalue weighted by molar-refractivity contribution is 1.08. The second kappa shape index (κ2) is 9.17.